The molecule has 2 atom stereocenters. The monoisotopic (exact) mass is 510 g/mol. The van der Waals surface area contributed by atoms with Crippen LogP contribution in [0.4, 0.5) is 22.0 Å². The number of benzene rings is 2. The largest absolute Gasteiger partial charge is 0.573 e. The molecule has 0 aliphatic rings. The highest BCUT2D eigenvalue weighted by Crippen LogP contribution is 2.32. The van der Waals surface area contributed by atoms with Gasteiger partial charge in [-0.05, 0) is 37.3 Å². The van der Waals surface area contributed by atoms with Gasteiger partial charge in [-0.25, -0.2) is 18.4 Å². The molecule has 0 aliphatic heterocycles. The third kappa shape index (κ3) is 5.86. The summed E-state index contributed by atoms with van der Waals surface area (Å²) in [6.45, 7) is 1.06. The second-order valence-corrected chi connectivity index (χ2v) is 7.85. The summed E-state index contributed by atoms with van der Waals surface area (Å²) < 4.78 is 81.2. The van der Waals surface area contributed by atoms with Gasteiger partial charge in [0.15, 0.2) is 5.76 Å². The van der Waals surface area contributed by atoms with E-state index in [0.717, 1.165) is 24.3 Å². The number of nitrogens with zero attached hydrogens (tertiary/aromatic N) is 4. The minimum atomic E-state index is -4.80. The predicted octanol–water partition coefficient (Wildman–Crippen LogP) is 4.60. The Labute approximate surface area is 200 Å². The van der Waals surface area contributed by atoms with Crippen molar-refractivity contribution in [2.24, 2.45) is 0 Å². The Kier molecular flexibility index (Phi) is 7.04. The Morgan fingerprint density at radius 1 is 1.08 bits per heavy atom. The number of ether oxygens (including phenoxy) is 2. The highest BCUT2D eigenvalue weighted by atomic mass is 19.4. The van der Waals surface area contributed by atoms with Crippen LogP contribution in [-0.2, 0) is 23.5 Å². The van der Waals surface area contributed by atoms with Gasteiger partial charge in [-0.1, -0.05) is 11.2 Å². The van der Waals surface area contributed by atoms with E-state index < -0.39 is 29.7 Å². The number of aliphatic hydroxyl groups is 1. The number of hydrogen-bond donors (Lipinski definition) is 1. The number of aromatic nitrogens is 4. The van der Waals surface area contributed by atoms with Gasteiger partial charge in [0.05, 0.1) is 12.6 Å². The molecule has 13 heteroatoms. The molecule has 0 unspecified atom stereocenters. The lowest BCUT2D eigenvalue weighted by Gasteiger charge is -2.34. The molecule has 0 radical (unpaired) electrons. The number of halogens is 5. The molecule has 0 amide bonds. The van der Waals surface area contributed by atoms with Gasteiger partial charge in [-0.15, -0.1) is 13.2 Å². The maximum absolute atomic E-state index is 14.6. The molecule has 2 heterocycles. The van der Waals surface area contributed by atoms with Crippen molar-refractivity contribution in [1.29, 1.82) is 0 Å². The first kappa shape index (κ1) is 25.3. The van der Waals surface area contributed by atoms with E-state index in [4.69, 9.17) is 9.26 Å². The van der Waals surface area contributed by atoms with Crippen molar-refractivity contribution in [2.75, 3.05) is 0 Å². The van der Waals surface area contributed by atoms with Gasteiger partial charge >= 0.3 is 6.36 Å². The SMILES string of the molecule is C[C@@H](OCc1cc(-c2ccc(OC(F)(F)F)cc2)no1)[C@](O)(Cn1cncn1)c1ccc(F)cc1F. The minimum absolute atomic E-state index is 0.189. The van der Waals surface area contributed by atoms with Gasteiger partial charge in [0.1, 0.15) is 47.9 Å². The van der Waals surface area contributed by atoms with Gasteiger partial charge in [-0.3, -0.25) is 0 Å². The predicted molar refractivity (Wildman–Crippen MR) is 113 cm³/mol. The van der Waals surface area contributed by atoms with Crippen LogP contribution in [0.3, 0.4) is 0 Å². The fourth-order valence-corrected chi connectivity index (χ4v) is 3.52. The number of alkyl halides is 3. The molecule has 0 bridgehead atoms. The standard InChI is InChI=1S/C23H19F5N4O4/c1-14(22(33,11-32-13-29-12-30-32)19-7-4-16(24)8-20(19)25)34-10-18-9-21(31-36-18)15-2-5-17(6-3-15)35-23(26,27)28/h2-9,12-14,33H,10-11H2,1H3/t14-,22-/m1/s1. The molecule has 2 aromatic carbocycles. The van der Waals surface area contributed by atoms with Crippen molar-refractivity contribution in [1.82, 2.24) is 19.9 Å². The van der Waals surface area contributed by atoms with Crippen LogP contribution in [0, 0.1) is 11.6 Å². The summed E-state index contributed by atoms with van der Waals surface area (Å²) in [6.07, 6.45) is -3.28. The zero-order valence-electron chi connectivity index (χ0n) is 18.6. The smallest absolute Gasteiger partial charge is 0.406 e. The van der Waals surface area contributed by atoms with E-state index in [9.17, 15) is 27.1 Å². The first-order valence-electron chi connectivity index (χ1n) is 10.5. The summed E-state index contributed by atoms with van der Waals surface area (Å²) >= 11 is 0. The van der Waals surface area contributed by atoms with Crippen LogP contribution in [0.15, 0.2) is 65.7 Å². The Morgan fingerprint density at radius 3 is 2.47 bits per heavy atom. The first-order valence-corrected chi connectivity index (χ1v) is 10.5. The Morgan fingerprint density at radius 2 is 1.83 bits per heavy atom. The molecule has 4 rings (SSSR count). The van der Waals surface area contributed by atoms with Crippen molar-refractivity contribution in [3.8, 4) is 17.0 Å². The fourth-order valence-electron chi connectivity index (χ4n) is 3.52. The van der Waals surface area contributed by atoms with Gasteiger partial charge in [-0.2, -0.15) is 5.10 Å². The second-order valence-electron chi connectivity index (χ2n) is 7.85. The molecular weight excluding hydrogens is 491 g/mol. The van der Waals surface area contributed by atoms with Crippen LogP contribution in [-0.4, -0.2) is 37.5 Å². The molecule has 0 aliphatic carbocycles. The highest BCUT2D eigenvalue weighted by molar-refractivity contribution is 5.59. The normalized spacial score (nSPS) is 14.4. The highest BCUT2D eigenvalue weighted by Gasteiger charge is 2.40. The summed E-state index contributed by atoms with van der Waals surface area (Å²) in [5, 5.41) is 19.2. The minimum Gasteiger partial charge on any atom is -0.406 e. The molecule has 8 nitrogen and oxygen atoms in total. The maximum atomic E-state index is 14.6. The lowest BCUT2D eigenvalue weighted by atomic mass is 9.88. The average molecular weight is 510 g/mol. The van der Waals surface area contributed by atoms with E-state index in [1.54, 1.807) is 0 Å². The zero-order valence-corrected chi connectivity index (χ0v) is 18.6. The zero-order chi connectivity index (χ0) is 25.9. The molecule has 0 saturated heterocycles. The quantitative estimate of drug-likeness (QED) is 0.329. The molecule has 190 valence electrons. The van der Waals surface area contributed by atoms with Crippen LogP contribution < -0.4 is 4.74 Å². The Hall–Kier alpha value is -3.84. The second kappa shape index (κ2) is 10.0. The van der Waals surface area contributed by atoms with Crippen molar-refractivity contribution in [2.45, 2.75) is 38.1 Å². The van der Waals surface area contributed by atoms with Crippen LogP contribution in [0.5, 0.6) is 5.75 Å². The lowest BCUT2D eigenvalue weighted by molar-refractivity contribution is -0.274. The van der Waals surface area contributed by atoms with Gasteiger partial charge in [0.25, 0.3) is 0 Å². The summed E-state index contributed by atoms with van der Waals surface area (Å²) in [7, 11) is 0. The van der Waals surface area contributed by atoms with Crippen molar-refractivity contribution in [3.63, 3.8) is 0 Å². The molecule has 36 heavy (non-hydrogen) atoms. The molecule has 2 aromatic heterocycles. The molecule has 4 aromatic rings. The summed E-state index contributed by atoms with van der Waals surface area (Å²) in [4.78, 5) is 3.80. The summed E-state index contributed by atoms with van der Waals surface area (Å²) in [5.74, 6) is -1.92. The number of rotatable bonds is 9. The third-order valence-electron chi connectivity index (χ3n) is 5.36. The molecule has 0 fully saturated rings. The van der Waals surface area contributed by atoms with Gasteiger partial charge < -0.3 is 19.1 Å². The number of hydrogen-bond acceptors (Lipinski definition) is 7. The van der Waals surface area contributed by atoms with E-state index in [0.29, 0.717) is 17.3 Å². The average Bonchev–Trinajstić information content (AvgIpc) is 3.49. The van der Waals surface area contributed by atoms with Crippen LogP contribution >= 0.6 is 0 Å². The lowest BCUT2D eigenvalue weighted by Crippen LogP contribution is -2.44. The Bertz CT molecular complexity index is 1290. The van der Waals surface area contributed by atoms with Crippen LogP contribution in [0.1, 0.15) is 18.2 Å². The van der Waals surface area contributed by atoms with E-state index in [1.165, 1.54) is 42.5 Å². The Balaban J connectivity index is 1.48. The van der Waals surface area contributed by atoms with E-state index >= 15 is 0 Å². The molecule has 1 N–H and O–H groups in total. The van der Waals surface area contributed by atoms with Crippen LogP contribution in [0.2, 0.25) is 0 Å². The maximum Gasteiger partial charge on any atom is 0.573 e. The summed E-state index contributed by atoms with van der Waals surface area (Å²) in [5.41, 5.74) is -1.39. The van der Waals surface area contributed by atoms with Crippen LogP contribution in [0.25, 0.3) is 11.3 Å². The summed E-state index contributed by atoms with van der Waals surface area (Å²) in [6, 6.07) is 9.32. The van der Waals surface area contributed by atoms with E-state index in [-0.39, 0.29) is 30.2 Å². The van der Waals surface area contributed by atoms with Gasteiger partial charge in [0.2, 0.25) is 0 Å². The van der Waals surface area contributed by atoms with E-state index in [2.05, 4.69) is 20.0 Å². The first-order chi connectivity index (χ1) is 17.0. The van der Waals surface area contributed by atoms with Crippen molar-refractivity contribution in [3.05, 3.63) is 84.1 Å². The fraction of sp³-hybridized carbons (Fsp3) is 0.261. The molecular formula is C23H19F5N4O4. The van der Waals surface area contributed by atoms with Crippen molar-refractivity contribution >= 4 is 0 Å². The van der Waals surface area contributed by atoms with Gasteiger partial charge in [0, 0.05) is 23.3 Å². The topological polar surface area (TPSA) is 95.4 Å². The third-order valence-corrected chi connectivity index (χ3v) is 5.36. The molecule has 0 saturated carbocycles. The van der Waals surface area contributed by atoms with Crippen molar-refractivity contribution < 1.29 is 41.1 Å². The van der Waals surface area contributed by atoms with E-state index in [1.807, 2.05) is 0 Å². The molecule has 0 spiro atoms.